The molecule has 0 bridgehead atoms. The second-order valence-electron chi connectivity index (χ2n) is 11.2. The predicted octanol–water partition coefficient (Wildman–Crippen LogP) is 3.63. The molecule has 0 saturated carbocycles. The fourth-order valence-electron chi connectivity index (χ4n) is 5.06. The number of hydrogen-bond donors (Lipinski definition) is 5. The average molecular weight is 613 g/mol. The summed E-state index contributed by atoms with van der Waals surface area (Å²) in [5.41, 5.74) is 4.54. The number of primary amides is 1. The summed E-state index contributed by atoms with van der Waals surface area (Å²) in [5, 5.41) is 34.6. The molecule has 1 aliphatic rings. The number of rotatable bonds is 8. The average Bonchev–Trinajstić information content (AvgIpc) is 2.94. The van der Waals surface area contributed by atoms with Crippen molar-refractivity contribution < 1.29 is 48.3 Å². The van der Waals surface area contributed by atoms with E-state index in [0.717, 1.165) is 5.57 Å². The van der Waals surface area contributed by atoms with Gasteiger partial charge in [0, 0.05) is 18.2 Å². The highest BCUT2D eigenvalue weighted by Gasteiger charge is 2.53. The number of allylic oxidation sites excluding steroid dienone is 2. The molecule has 1 fully saturated rings. The molecule has 2 unspecified atom stereocenters. The number of ether oxygens (including phenoxy) is 4. The minimum absolute atomic E-state index is 0.0183. The molecule has 1 aromatic heterocycles. The number of phenols is 1. The minimum Gasteiger partial charge on any atom is -0.508 e. The summed E-state index contributed by atoms with van der Waals surface area (Å²) < 4.78 is 27.9. The summed E-state index contributed by atoms with van der Waals surface area (Å²) in [6, 6.07) is 7.12. The van der Waals surface area contributed by atoms with Crippen molar-refractivity contribution in [3.8, 4) is 17.2 Å². The zero-order valence-corrected chi connectivity index (χ0v) is 25.2. The van der Waals surface area contributed by atoms with Crippen LogP contribution in [0.1, 0.15) is 49.2 Å². The van der Waals surface area contributed by atoms with Crippen LogP contribution in [0.4, 0.5) is 10.5 Å². The van der Waals surface area contributed by atoms with E-state index in [2.05, 4.69) is 5.32 Å². The normalized spacial score (nSPS) is 21.0. The third kappa shape index (κ3) is 6.49. The van der Waals surface area contributed by atoms with Gasteiger partial charge in [0.1, 0.15) is 23.2 Å². The number of phenolic OH excluding ortho intramolecular Hbond substituents is 1. The van der Waals surface area contributed by atoms with Gasteiger partial charge in [-0.25, -0.2) is 9.59 Å². The van der Waals surface area contributed by atoms with Gasteiger partial charge in [0.25, 0.3) is 5.91 Å². The molecule has 1 aliphatic heterocycles. The van der Waals surface area contributed by atoms with Crippen LogP contribution in [0, 0.1) is 6.92 Å². The van der Waals surface area contributed by atoms with Crippen LogP contribution >= 0.6 is 0 Å². The lowest BCUT2D eigenvalue weighted by molar-refractivity contribution is -0.304. The van der Waals surface area contributed by atoms with E-state index in [9.17, 15) is 29.7 Å². The molecule has 13 heteroatoms. The number of carbonyl (C=O) groups excluding carboxylic acids is 2. The molecule has 2 heterocycles. The van der Waals surface area contributed by atoms with Gasteiger partial charge in [-0.05, 0) is 76.9 Å². The number of nitrogens with one attached hydrogen (secondary N) is 1. The number of carbonyl (C=O) groups is 2. The van der Waals surface area contributed by atoms with Crippen LogP contribution in [0.2, 0.25) is 0 Å². The Bertz CT molecular complexity index is 1670. The first-order valence-corrected chi connectivity index (χ1v) is 13.7. The Kier molecular flexibility index (Phi) is 9.23. The van der Waals surface area contributed by atoms with Crippen molar-refractivity contribution in [1.82, 2.24) is 0 Å². The predicted molar refractivity (Wildman–Crippen MR) is 159 cm³/mol. The van der Waals surface area contributed by atoms with Crippen LogP contribution in [0.3, 0.4) is 0 Å². The Morgan fingerprint density at radius 3 is 2.50 bits per heavy atom. The van der Waals surface area contributed by atoms with Crippen LogP contribution in [0.5, 0.6) is 17.2 Å². The van der Waals surface area contributed by atoms with Gasteiger partial charge in [0.2, 0.25) is 6.29 Å². The van der Waals surface area contributed by atoms with Crippen LogP contribution < -0.4 is 21.4 Å². The van der Waals surface area contributed by atoms with Crippen LogP contribution in [-0.2, 0) is 20.6 Å². The molecule has 44 heavy (non-hydrogen) atoms. The van der Waals surface area contributed by atoms with Gasteiger partial charge >= 0.3 is 11.7 Å². The third-order valence-electron chi connectivity index (χ3n) is 7.33. The van der Waals surface area contributed by atoms with Crippen LogP contribution in [-0.4, -0.2) is 64.6 Å². The Balaban J connectivity index is 1.63. The first kappa shape index (κ1) is 32.3. The monoisotopic (exact) mass is 612 g/mol. The first-order valence-electron chi connectivity index (χ1n) is 13.7. The zero-order chi connectivity index (χ0) is 32.5. The lowest BCUT2D eigenvalue weighted by atomic mass is 9.89. The zero-order valence-electron chi connectivity index (χ0n) is 25.2. The highest BCUT2D eigenvalue weighted by atomic mass is 16.7. The van der Waals surface area contributed by atoms with Crippen LogP contribution in [0.25, 0.3) is 11.0 Å². The number of amides is 2. The van der Waals surface area contributed by atoms with E-state index >= 15 is 0 Å². The van der Waals surface area contributed by atoms with Gasteiger partial charge in [0.15, 0.2) is 23.6 Å². The Morgan fingerprint density at radius 1 is 1.16 bits per heavy atom. The maximum absolute atomic E-state index is 13.0. The van der Waals surface area contributed by atoms with Crippen molar-refractivity contribution in [2.75, 3.05) is 12.4 Å². The molecule has 236 valence electrons. The molecule has 6 N–H and O–H groups in total. The topological polar surface area (TPSA) is 200 Å². The van der Waals surface area contributed by atoms with E-state index in [4.69, 9.17) is 29.1 Å². The number of nitrogens with two attached hydrogens (primary N) is 1. The number of aryl methyl sites for hydroxylation is 1. The van der Waals surface area contributed by atoms with E-state index in [1.807, 2.05) is 19.9 Å². The Hall–Kier alpha value is -4.59. The summed E-state index contributed by atoms with van der Waals surface area (Å²) in [6.07, 6.45) is -3.81. The van der Waals surface area contributed by atoms with E-state index in [1.54, 1.807) is 20.8 Å². The van der Waals surface area contributed by atoms with Crippen LogP contribution in [0.15, 0.2) is 51.2 Å². The smallest absolute Gasteiger partial charge is 0.404 e. The molecular weight excluding hydrogens is 576 g/mol. The first-order chi connectivity index (χ1) is 20.6. The number of aliphatic hydroxyl groups is 1. The third-order valence-corrected chi connectivity index (χ3v) is 7.33. The van der Waals surface area contributed by atoms with Gasteiger partial charge in [0.05, 0.1) is 11.0 Å². The fraction of sp³-hybridized carbons (Fsp3) is 0.387. The lowest BCUT2D eigenvalue weighted by Gasteiger charge is -2.47. The second kappa shape index (κ2) is 12.6. The van der Waals surface area contributed by atoms with Crippen molar-refractivity contribution in [2.24, 2.45) is 5.73 Å². The van der Waals surface area contributed by atoms with Gasteiger partial charge < -0.3 is 49.7 Å². The van der Waals surface area contributed by atoms with Gasteiger partial charge in [-0.3, -0.25) is 4.79 Å². The molecule has 3 aromatic rings. The Morgan fingerprint density at radius 2 is 1.86 bits per heavy atom. The van der Waals surface area contributed by atoms with Gasteiger partial charge in [-0.1, -0.05) is 11.6 Å². The summed E-state index contributed by atoms with van der Waals surface area (Å²) in [6.45, 7) is 8.69. The molecule has 1 saturated heterocycles. The van der Waals surface area contributed by atoms with Crippen molar-refractivity contribution in [3.63, 3.8) is 0 Å². The summed E-state index contributed by atoms with van der Waals surface area (Å²) in [4.78, 5) is 37.5. The van der Waals surface area contributed by atoms with Gasteiger partial charge in [-0.15, -0.1) is 0 Å². The van der Waals surface area contributed by atoms with E-state index in [0.29, 0.717) is 12.0 Å². The molecule has 2 aromatic carbocycles. The maximum atomic E-state index is 13.0. The molecule has 13 nitrogen and oxygen atoms in total. The number of hydrogen-bond acceptors (Lipinski definition) is 11. The Labute approximate surface area is 252 Å². The second-order valence-corrected chi connectivity index (χ2v) is 11.2. The van der Waals surface area contributed by atoms with Crippen molar-refractivity contribution >= 4 is 28.7 Å². The lowest BCUT2D eigenvalue weighted by Crippen LogP contribution is -2.65. The maximum Gasteiger partial charge on any atom is 0.404 e. The number of anilines is 1. The highest BCUT2D eigenvalue weighted by molar-refractivity contribution is 6.06. The highest BCUT2D eigenvalue weighted by Crippen LogP contribution is 2.38. The SMILES string of the molecule is COC1[C@H](OC(N)=O)C(O)[C@H](Oc2ccc3c(O)c(NC(=O)c4ccc(O)c(CC=C(C)C)c4)c(=O)oc3c2C)OC1(C)C. The minimum atomic E-state index is -1.52. The summed E-state index contributed by atoms with van der Waals surface area (Å²) >= 11 is 0. The molecule has 0 spiro atoms. The standard InChI is InChI=1S/C31H36N2O11/c1-14(2)7-8-16-13-17(9-11-19(16)34)27(37)33-21-22(35)18-10-12-20(15(3)24(18)42-28(21)38)41-29-23(36)25(43-30(32)39)26(40-6)31(4,5)44-29/h7,9-13,23,25-26,29,34-36H,8H2,1-6H3,(H2,32,39)(H,33,37)/t23?,25-,26?,29-/m1/s1. The molecule has 4 atom stereocenters. The molecular formula is C31H36N2O11. The van der Waals surface area contributed by atoms with Gasteiger partial charge in [-0.2, -0.15) is 0 Å². The van der Waals surface area contributed by atoms with Crippen molar-refractivity contribution in [3.05, 3.63) is 69.1 Å². The van der Waals surface area contributed by atoms with E-state index in [-0.39, 0.29) is 33.6 Å². The number of fused-ring (bicyclic) bond motifs is 1. The number of aromatic hydroxyl groups is 2. The quantitative estimate of drug-likeness (QED) is 0.184. The molecule has 0 aliphatic carbocycles. The van der Waals surface area contributed by atoms with E-state index < -0.39 is 59.3 Å². The molecule has 2 amide bonds. The summed E-state index contributed by atoms with van der Waals surface area (Å²) in [7, 11) is 1.37. The number of methoxy groups -OCH3 is 1. The summed E-state index contributed by atoms with van der Waals surface area (Å²) in [5.74, 6) is -1.09. The molecule has 4 rings (SSSR count). The largest absolute Gasteiger partial charge is 0.508 e. The van der Waals surface area contributed by atoms with Crippen molar-refractivity contribution in [2.45, 2.75) is 71.2 Å². The fourth-order valence-corrected chi connectivity index (χ4v) is 5.06. The molecule has 0 radical (unpaired) electrons. The number of benzene rings is 2. The van der Waals surface area contributed by atoms with Crippen molar-refractivity contribution in [1.29, 1.82) is 0 Å². The van der Waals surface area contributed by atoms with E-state index in [1.165, 1.54) is 37.4 Å². The number of aliphatic hydroxyl groups excluding tert-OH is 1.